The summed E-state index contributed by atoms with van der Waals surface area (Å²) in [5.41, 5.74) is 7.21. The number of rotatable bonds is 3. The van der Waals surface area contributed by atoms with Crippen LogP contribution in [-0.4, -0.2) is 16.5 Å². The van der Waals surface area contributed by atoms with E-state index in [1.54, 1.807) is 6.07 Å². The summed E-state index contributed by atoms with van der Waals surface area (Å²) in [6, 6.07) is 2.66. The van der Waals surface area contributed by atoms with Gasteiger partial charge in [0.05, 0.1) is 5.69 Å². The maximum absolute atomic E-state index is 12.2. The van der Waals surface area contributed by atoms with Crippen LogP contribution in [0.3, 0.4) is 0 Å². The summed E-state index contributed by atoms with van der Waals surface area (Å²) in [7, 11) is 0. The SMILES string of the molecule is Nc1cc(C(=O)NC2CCCC2)n(C2CC2)c1. The van der Waals surface area contributed by atoms with Gasteiger partial charge in [-0.25, -0.2) is 0 Å². The molecule has 1 aromatic rings. The third-order valence-electron chi connectivity index (χ3n) is 3.73. The number of anilines is 1. The molecule has 0 aliphatic heterocycles. The van der Waals surface area contributed by atoms with E-state index in [0.717, 1.165) is 31.4 Å². The number of hydrogen-bond acceptors (Lipinski definition) is 2. The molecule has 2 saturated carbocycles. The van der Waals surface area contributed by atoms with Crippen LogP contribution in [-0.2, 0) is 0 Å². The second kappa shape index (κ2) is 4.09. The standard InChI is InChI=1S/C13H19N3O/c14-9-7-12(16(8-9)11-5-6-11)13(17)15-10-3-1-2-4-10/h7-8,10-11H,1-6,14H2,(H,15,17). The summed E-state index contributed by atoms with van der Waals surface area (Å²) >= 11 is 0. The zero-order valence-corrected chi connectivity index (χ0v) is 9.98. The highest BCUT2D eigenvalue weighted by molar-refractivity contribution is 5.94. The third kappa shape index (κ3) is 2.16. The minimum absolute atomic E-state index is 0.0421. The molecule has 4 heteroatoms. The fourth-order valence-electron chi connectivity index (χ4n) is 2.67. The van der Waals surface area contributed by atoms with Gasteiger partial charge < -0.3 is 15.6 Å². The summed E-state index contributed by atoms with van der Waals surface area (Å²) in [5, 5.41) is 3.12. The average Bonchev–Trinajstić information content (AvgIpc) is 2.88. The van der Waals surface area contributed by atoms with E-state index >= 15 is 0 Å². The van der Waals surface area contributed by atoms with E-state index in [9.17, 15) is 4.79 Å². The van der Waals surface area contributed by atoms with Gasteiger partial charge in [-0.2, -0.15) is 0 Å². The number of hydrogen-bond donors (Lipinski definition) is 2. The monoisotopic (exact) mass is 233 g/mol. The smallest absolute Gasteiger partial charge is 0.268 e. The number of nitrogen functional groups attached to an aromatic ring is 1. The molecule has 3 N–H and O–H groups in total. The van der Waals surface area contributed by atoms with Crippen LogP contribution in [0.4, 0.5) is 5.69 Å². The van der Waals surface area contributed by atoms with E-state index in [-0.39, 0.29) is 5.91 Å². The third-order valence-corrected chi connectivity index (χ3v) is 3.73. The molecule has 1 amide bonds. The molecule has 3 rings (SSSR count). The van der Waals surface area contributed by atoms with E-state index in [1.807, 2.05) is 10.8 Å². The predicted octanol–water partition coefficient (Wildman–Crippen LogP) is 2.08. The Morgan fingerprint density at radius 3 is 2.65 bits per heavy atom. The van der Waals surface area contributed by atoms with Crippen LogP contribution in [0.2, 0.25) is 0 Å². The van der Waals surface area contributed by atoms with Crippen LogP contribution in [0.5, 0.6) is 0 Å². The molecule has 1 aromatic heterocycles. The molecule has 1 heterocycles. The zero-order valence-electron chi connectivity index (χ0n) is 9.98. The van der Waals surface area contributed by atoms with Crippen LogP contribution < -0.4 is 11.1 Å². The van der Waals surface area contributed by atoms with Crippen molar-refractivity contribution in [1.82, 2.24) is 9.88 Å². The first-order valence-electron chi connectivity index (χ1n) is 6.52. The van der Waals surface area contributed by atoms with Gasteiger partial charge in [0.1, 0.15) is 5.69 Å². The Morgan fingerprint density at radius 1 is 1.29 bits per heavy atom. The Kier molecular flexibility index (Phi) is 2.57. The van der Waals surface area contributed by atoms with Crippen molar-refractivity contribution in [3.05, 3.63) is 18.0 Å². The lowest BCUT2D eigenvalue weighted by Crippen LogP contribution is -2.33. The quantitative estimate of drug-likeness (QED) is 0.839. The van der Waals surface area contributed by atoms with Crippen molar-refractivity contribution >= 4 is 11.6 Å². The molecule has 0 radical (unpaired) electrons. The molecular formula is C13H19N3O. The zero-order chi connectivity index (χ0) is 11.8. The Hall–Kier alpha value is -1.45. The van der Waals surface area contributed by atoms with Gasteiger partial charge >= 0.3 is 0 Å². The molecule has 0 bridgehead atoms. The van der Waals surface area contributed by atoms with Gasteiger partial charge in [0.25, 0.3) is 5.91 Å². The van der Waals surface area contributed by atoms with E-state index in [1.165, 1.54) is 12.8 Å². The molecule has 92 valence electrons. The fraction of sp³-hybridized carbons (Fsp3) is 0.615. The molecule has 0 aromatic carbocycles. The van der Waals surface area contributed by atoms with E-state index in [2.05, 4.69) is 5.32 Å². The van der Waals surface area contributed by atoms with Gasteiger partial charge in [-0.15, -0.1) is 0 Å². The molecular weight excluding hydrogens is 214 g/mol. The second-order valence-corrected chi connectivity index (χ2v) is 5.25. The first-order valence-corrected chi connectivity index (χ1v) is 6.52. The molecule has 4 nitrogen and oxygen atoms in total. The number of carbonyl (C=O) groups excluding carboxylic acids is 1. The molecule has 0 atom stereocenters. The van der Waals surface area contributed by atoms with Crippen molar-refractivity contribution in [3.63, 3.8) is 0 Å². The normalized spacial score (nSPS) is 20.7. The van der Waals surface area contributed by atoms with Gasteiger partial charge in [0.15, 0.2) is 0 Å². The lowest BCUT2D eigenvalue weighted by molar-refractivity contribution is 0.0928. The lowest BCUT2D eigenvalue weighted by Gasteiger charge is -2.13. The fourth-order valence-corrected chi connectivity index (χ4v) is 2.67. The Labute approximate surface area is 101 Å². The molecule has 17 heavy (non-hydrogen) atoms. The van der Waals surface area contributed by atoms with Crippen molar-refractivity contribution in [1.29, 1.82) is 0 Å². The van der Waals surface area contributed by atoms with Crippen molar-refractivity contribution in [2.45, 2.75) is 50.6 Å². The summed E-state index contributed by atoms with van der Waals surface area (Å²) in [5.74, 6) is 0.0421. The summed E-state index contributed by atoms with van der Waals surface area (Å²) in [6.07, 6.45) is 8.92. The molecule has 2 fully saturated rings. The van der Waals surface area contributed by atoms with Gasteiger partial charge in [-0.1, -0.05) is 12.8 Å². The van der Waals surface area contributed by atoms with Crippen molar-refractivity contribution < 1.29 is 4.79 Å². The van der Waals surface area contributed by atoms with Gasteiger partial charge in [0, 0.05) is 18.3 Å². The first kappa shape index (κ1) is 10.7. The summed E-state index contributed by atoms with van der Waals surface area (Å²) in [6.45, 7) is 0. The molecule has 0 spiro atoms. The van der Waals surface area contributed by atoms with Crippen LogP contribution in [0.25, 0.3) is 0 Å². The van der Waals surface area contributed by atoms with Gasteiger partial charge in [-0.05, 0) is 31.7 Å². The van der Waals surface area contributed by atoms with Gasteiger partial charge in [-0.3, -0.25) is 4.79 Å². The van der Waals surface area contributed by atoms with Crippen molar-refractivity contribution in [3.8, 4) is 0 Å². The van der Waals surface area contributed by atoms with E-state index < -0.39 is 0 Å². The summed E-state index contributed by atoms with van der Waals surface area (Å²) in [4.78, 5) is 12.2. The largest absolute Gasteiger partial charge is 0.397 e. The highest BCUT2D eigenvalue weighted by Gasteiger charge is 2.28. The number of nitrogens with zero attached hydrogens (tertiary/aromatic N) is 1. The second-order valence-electron chi connectivity index (χ2n) is 5.25. The topological polar surface area (TPSA) is 60.1 Å². The van der Waals surface area contributed by atoms with Crippen LogP contribution in [0.15, 0.2) is 12.3 Å². The number of amides is 1. The average molecular weight is 233 g/mol. The predicted molar refractivity (Wildman–Crippen MR) is 66.8 cm³/mol. The maximum atomic E-state index is 12.2. The number of aromatic nitrogens is 1. The Balaban J connectivity index is 1.75. The van der Waals surface area contributed by atoms with Crippen molar-refractivity contribution in [2.24, 2.45) is 0 Å². The minimum Gasteiger partial charge on any atom is -0.397 e. The molecule has 2 aliphatic rings. The van der Waals surface area contributed by atoms with Crippen LogP contribution in [0.1, 0.15) is 55.1 Å². The molecule has 0 saturated heterocycles. The number of nitrogens with two attached hydrogens (primary N) is 1. The highest BCUT2D eigenvalue weighted by atomic mass is 16.2. The van der Waals surface area contributed by atoms with Crippen LogP contribution in [0, 0.1) is 0 Å². The Morgan fingerprint density at radius 2 is 2.00 bits per heavy atom. The lowest BCUT2D eigenvalue weighted by atomic mass is 10.2. The van der Waals surface area contributed by atoms with Crippen molar-refractivity contribution in [2.75, 3.05) is 5.73 Å². The van der Waals surface area contributed by atoms with Gasteiger partial charge in [0.2, 0.25) is 0 Å². The van der Waals surface area contributed by atoms with Crippen LogP contribution >= 0.6 is 0 Å². The highest BCUT2D eigenvalue weighted by Crippen LogP contribution is 2.37. The number of carbonyl (C=O) groups is 1. The minimum atomic E-state index is 0.0421. The van der Waals surface area contributed by atoms with E-state index in [4.69, 9.17) is 5.73 Å². The molecule has 0 unspecified atom stereocenters. The first-order chi connectivity index (χ1) is 8.24. The number of nitrogens with one attached hydrogen (secondary N) is 1. The summed E-state index contributed by atoms with van der Waals surface area (Å²) < 4.78 is 2.04. The maximum Gasteiger partial charge on any atom is 0.268 e. The Bertz CT molecular complexity index is 428. The van der Waals surface area contributed by atoms with E-state index in [0.29, 0.717) is 17.8 Å². The molecule has 2 aliphatic carbocycles.